The number of aromatic amines is 1. The van der Waals surface area contributed by atoms with E-state index in [4.69, 9.17) is 0 Å². The van der Waals surface area contributed by atoms with Crippen molar-refractivity contribution in [2.75, 3.05) is 26.2 Å². The standard InChI is InChI=1S/C18H22FN3O2/c19-11-13-4-5-16-14(10-13)15(12-21-16)17(23)18(24)20-6-9-22-7-2-1-3-8-22/h4-5,10,12,21H,1-3,6-9,11H2,(H,20,24). The van der Waals surface area contributed by atoms with Gasteiger partial charge in [-0.3, -0.25) is 9.59 Å². The van der Waals surface area contributed by atoms with Crippen LogP contribution >= 0.6 is 0 Å². The number of benzene rings is 1. The largest absolute Gasteiger partial charge is 0.360 e. The summed E-state index contributed by atoms with van der Waals surface area (Å²) < 4.78 is 12.8. The quantitative estimate of drug-likeness (QED) is 0.631. The molecule has 1 amide bonds. The van der Waals surface area contributed by atoms with Crippen LogP contribution < -0.4 is 5.32 Å². The maximum Gasteiger partial charge on any atom is 0.292 e. The van der Waals surface area contributed by atoms with Crippen molar-refractivity contribution < 1.29 is 14.0 Å². The molecule has 1 aliphatic rings. The van der Waals surface area contributed by atoms with Crippen LogP contribution in [0.25, 0.3) is 10.9 Å². The SMILES string of the molecule is O=C(NCCN1CCCCC1)C(=O)c1c[nH]c2ccc(CF)cc12. The van der Waals surface area contributed by atoms with Crippen LogP contribution in [0.1, 0.15) is 35.2 Å². The summed E-state index contributed by atoms with van der Waals surface area (Å²) in [4.78, 5) is 29.7. The van der Waals surface area contributed by atoms with Gasteiger partial charge < -0.3 is 15.2 Å². The molecule has 0 aliphatic carbocycles. The zero-order valence-corrected chi connectivity index (χ0v) is 13.6. The number of nitrogens with zero attached hydrogens (tertiary/aromatic N) is 1. The average molecular weight is 331 g/mol. The van der Waals surface area contributed by atoms with Gasteiger partial charge >= 0.3 is 0 Å². The second-order valence-corrected chi connectivity index (χ2v) is 6.20. The lowest BCUT2D eigenvalue weighted by molar-refractivity contribution is -0.117. The summed E-state index contributed by atoms with van der Waals surface area (Å²) in [5.41, 5.74) is 1.49. The summed E-state index contributed by atoms with van der Waals surface area (Å²) in [6.45, 7) is 2.73. The molecule has 1 aliphatic heterocycles. The Bertz CT molecular complexity index is 735. The van der Waals surface area contributed by atoms with E-state index in [-0.39, 0.29) is 5.56 Å². The van der Waals surface area contributed by atoms with Crippen LogP contribution in [0, 0.1) is 0 Å². The minimum Gasteiger partial charge on any atom is -0.360 e. The number of piperidine rings is 1. The van der Waals surface area contributed by atoms with Crippen molar-refractivity contribution in [3.8, 4) is 0 Å². The zero-order chi connectivity index (χ0) is 16.9. The monoisotopic (exact) mass is 331 g/mol. The number of nitrogens with one attached hydrogen (secondary N) is 2. The second kappa shape index (κ2) is 7.57. The third-order valence-corrected chi connectivity index (χ3v) is 4.51. The fourth-order valence-electron chi connectivity index (χ4n) is 3.15. The smallest absolute Gasteiger partial charge is 0.292 e. The van der Waals surface area contributed by atoms with Gasteiger partial charge in [-0.2, -0.15) is 0 Å². The normalized spacial score (nSPS) is 15.5. The maximum absolute atomic E-state index is 12.8. The molecule has 2 aromatic rings. The highest BCUT2D eigenvalue weighted by atomic mass is 19.1. The molecule has 3 rings (SSSR count). The number of hydrogen-bond acceptors (Lipinski definition) is 3. The minimum atomic E-state index is -0.612. The molecule has 0 radical (unpaired) electrons. The molecule has 1 saturated heterocycles. The number of hydrogen-bond donors (Lipinski definition) is 2. The van der Waals surface area contributed by atoms with Crippen LogP contribution in [-0.4, -0.2) is 47.8 Å². The first-order chi connectivity index (χ1) is 11.7. The number of rotatable bonds is 6. The molecule has 24 heavy (non-hydrogen) atoms. The fourth-order valence-corrected chi connectivity index (χ4v) is 3.15. The molecule has 0 atom stereocenters. The highest BCUT2D eigenvalue weighted by Crippen LogP contribution is 2.21. The van der Waals surface area contributed by atoms with Crippen LogP contribution in [0.2, 0.25) is 0 Å². The number of amides is 1. The molecule has 1 fully saturated rings. The minimum absolute atomic E-state index is 0.288. The third kappa shape index (κ3) is 3.64. The molecule has 2 heterocycles. The van der Waals surface area contributed by atoms with Gasteiger partial charge in [0.2, 0.25) is 0 Å². The summed E-state index contributed by atoms with van der Waals surface area (Å²) in [5.74, 6) is -1.20. The summed E-state index contributed by atoms with van der Waals surface area (Å²) in [6.07, 6.45) is 5.17. The number of halogens is 1. The highest BCUT2D eigenvalue weighted by molar-refractivity contribution is 6.44. The van der Waals surface area contributed by atoms with E-state index in [1.807, 2.05) is 0 Å². The molecule has 0 unspecified atom stereocenters. The molecule has 1 aromatic heterocycles. The van der Waals surface area contributed by atoms with E-state index in [0.717, 1.165) is 25.2 Å². The number of alkyl halides is 1. The van der Waals surface area contributed by atoms with Gasteiger partial charge in [0.15, 0.2) is 0 Å². The van der Waals surface area contributed by atoms with E-state index in [1.165, 1.54) is 25.5 Å². The van der Waals surface area contributed by atoms with Crippen molar-refractivity contribution in [1.82, 2.24) is 15.2 Å². The molecule has 0 spiro atoms. The molecule has 6 heteroatoms. The summed E-state index contributed by atoms with van der Waals surface area (Å²) >= 11 is 0. The number of likely N-dealkylation sites (tertiary alicyclic amines) is 1. The van der Waals surface area contributed by atoms with Gasteiger partial charge in [-0.1, -0.05) is 12.5 Å². The summed E-state index contributed by atoms with van der Waals surface area (Å²) in [6, 6.07) is 4.99. The van der Waals surface area contributed by atoms with E-state index >= 15 is 0 Å². The van der Waals surface area contributed by atoms with E-state index < -0.39 is 18.4 Å². The first-order valence-corrected chi connectivity index (χ1v) is 8.40. The molecular weight excluding hydrogens is 309 g/mol. The lowest BCUT2D eigenvalue weighted by Gasteiger charge is -2.26. The van der Waals surface area contributed by atoms with Crippen molar-refractivity contribution in [2.24, 2.45) is 0 Å². The number of fused-ring (bicyclic) bond motifs is 1. The molecule has 1 aromatic carbocycles. The van der Waals surface area contributed by atoms with Crippen LogP contribution in [0.15, 0.2) is 24.4 Å². The highest BCUT2D eigenvalue weighted by Gasteiger charge is 2.20. The second-order valence-electron chi connectivity index (χ2n) is 6.20. The van der Waals surface area contributed by atoms with Gasteiger partial charge in [-0.05, 0) is 43.6 Å². The zero-order valence-electron chi connectivity index (χ0n) is 13.6. The first-order valence-electron chi connectivity index (χ1n) is 8.40. The first kappa shape index (κ1) is 16.6. The Morgan fingerprint density at radius 1 is 1.21 bits per heavy atom. The van der Waals surface area contributed by atoms with Crippen LogP contribution in [-0.2, 0) is 11.5 Å². The molecule has 128 valence electrons. The Labute approximate surface area is 140 Å². The third-order valence-electron chi connectivity index (χ3n) is 4.51. The van der Waals surface area contributed by atoms with E-state index in [1.54, 1.807) is 18.2 Å². The van der Waals surface area contributed by atoms with Crippen molar-refractivity contribution >= 4 is 22.6 Å². The predicted octanol–water partition coefficient (Wildman–Crippen LogP) is 2.42. The fraction of sp³-hybridized carbons (Fsp3) is 0.444. The molecule has 5 nitrogen and oxygen atoms in total. The van der Waals surface area contributed by atoms with Gasteiger partial charge in [0.1, 0.15) is 6.67 Å². The molecule has 0 saturated carbocycles. The summed E-state index contributed by atoms with van der Waals surface area (Å²) in [5, 5.41) is 3.28. The number of aromatic nitrogens is 1. The lowest BCUT2D eigenvalue weighted by atomic mass is 10.1. The number of Topliss-reactive ketones (excluding diaryl/α,β-unsaturated/α-hetero) is 1. The van der Waals surface area contributed by atoms with Crippen molar-refractivity contribution in [2.45, 2.75) is 25.9 Å². The van der Waals surface area contributed by atoms with Gasteiger partial charge in [0.25, 0.3) is 11.7 Å². The molecule has 0 bridgehead atoms. The van der Waals surface area contributed by atoms with Gasteiger partial charge in [0.05, 0.1) is 5.56 Å². The Morgan fingerprint density at radius 3 is 2.75 bits per heavy atom. The van der Waals surface area contributed by atoms with Crippen molar-refractivity contribution in [3.05, 3.63) is 35.5 Å². The number of carbonyl (C=O) groups is 2. The Kier molecular flexibility index (Phi) is 5.25. The number of ketones is 1. The van der Waals surface area contributed by atoms with Crippen LogP contribution in [0.4, 0.5) is 4.39 Å². The number of H-pyrrole nitrogens is 1. The van der Waals surface area contributed by atoms with Gasteiger partial charge in [0, 0.05) is 30.2 Å². The van der Waals surface area contributed by atoms with Crippen molar-refractivity contribution in [3.63, 3.8) is 0 Å². The van der Waals surface area contributed by atoms with E-state index in [9.17, 15) is 14.0 Å². The number of carbonyl (C=O) groups excluding carboxylic acids is 2. The van der Waals surface area contributed by atoms with Crippen molar-refractivity contribution in [1.29, 1.82) is 0 Å². The molecule has 2 N–H and O–H groups in total. The van der Waals surface area contributed by atoms with Crippen LogP contribution in [0.5, 0.6) is 0 Å². The Balaban J connectivity index is 1.61. The average Bonchev–Trinajstić information content (AvgIpc) is 3.04. The van der Waals surface area contributed by atoms with E-state index in [0.29, 0.717) is 17.5 Å². The lowest BCUT2D eigenvalue weighted by Crippen LogP contribution is -2.39. The van der Waals surface area contributed by atoms with Crippen LogP contribution in [0.3, 0.4) is 0 Å². The predicted molar refractivity (Wildman–Crippen MR) is 90.7 cm³/mol. The Morgan fingerprint density at radius 2 is 2.00 bits per heavy atom. The Hall–Kier alpha value is -2.21. The molecular formula is C18H22FN3O2. The maximum atomic E-state index is 12.8. The summed E-state index contributed by atoms with van der Waals surface area (Å²) in [7, 11) is 0. The van der Waals surface area contributed by atoms with Gasteiger partial charge in [-0.15, -0.1) is 0 Å². The van der Waals surface area contributed by atoms with E-state index in [2.05, 4.69) is 15.2 Å². The van der Waals surface area contributed by atoms with Gasteiger partial charge in [-0.25, -0.2) is 4.39 Å². The topological polar surface area (TPSA) is 65.2 Å².